The molecule has 1 fully saturated rings. The molecule has 0 aromatic heterocycles. The molecule has 2 atom stereocenters. The summed E-state index contributed by atoms with van der Waals surface area (Å²) >= 11 is 0. The van der Waals surface area contributed by atoms with E-state index in [1.165, 1.54) is 0 Å². The molecule has 3 rings (SSSR count). The molecule has 0 aliphatic carbocycles. The molecule has 9 heteroatoms. The highest BCUT2D eigenvalue weighted by Crippen LogP contribution is 2.40. The number of halogens is 4. The molecule has 2 aliphatic heterocycles. The van der Waals surface area contributed by atoms with E-state index in [9.17, 15) is 22.8 Å². The van der Waals surface area contributed by atoms with Crippen molar-refractivity contribution < 1.29 is 27.2 Å². The third-order valence-electron chi connectivity index (χ3n) is 4.35. The summed E-state index contributed by atoms with van der Waals surface area (Å²) in [4.78, 5) is 28.4. The van der Waals surface area contributed by atoms with Gasteiger partial charge in [-0.2, -0.15) is 13.2 Å². The number of benzene rings is 1. The molecule has 1 N–H and O–H groups in total. The van der Waals surface area contributed by atoms with Crippen LogP contribution < -0.4 is 5.32 Å². The van der Waals surface area contributed by atoms with E-state index in [1.54, 1.807) is 30.3 Å². The van der Waals surface area contributed by atoms with E-state index in [0.29, 0.717) is 16.5 Å². The molecule has 5 nitrogen and oxygen atoms in total. The van der Waals surface area contributed by atoms with Crippen LogP contribution in [0.3, 0.4) is 0 Å². The fourth-order valence-electron chi connectivity index (χ4n) is 3.14. The lowest BCUT2D eigenvalue weighted by atomic mass is 9.86. The second-order valence-electron chi connectivity index (χ2n) is 5.97. The second kappa shape index (κ2) is 6.54. The number of allylic oxidation sites excluding steroid dienone is 1. The van der Waals surface area contributed by atoms with Gasteiger partial charge in [0.1, 0.15) is 6.04 Å². The van der Waals surface area contributed by atoms with Gasteiger partial charge in [0.15, 0.2) is 0 Å². The van der Waals surface area contributed by atoms with Gasteiger partial charge in [-0.25, -0.2) is 9.18 Å². The average molecular weight is 369 g/mol. The minimum absolute atomic E-state index is 0.0692. The summed E-state index contributed by atoms with van der Waals surface area (Å²) in [6.07, 6.45) is -3.65. The fourth-order valence-corrected chi connectivity index (χ4v) is 3.14. The molecular weight excluding hydrogens is 354 g/mol. The van der Waals surface area contributed by atoms with Crippen molar-refractivity contribution in [3.8, 4) is 0 Å². The SMILES string of the molecule is O=C1NCCN1C1(F)C(C(=O)C(F)(F)F)=CC=NC1Cc1ccccc1. The van der Waals surface area contributed by atoms with Crippen LogP contribution in [0.15, 0.2) is 47.0 Å². The van der Waals surface area contributed by atoms with Gasteiger partial charge in [-0.1, -0.05) is 30.3 Å². The van der Waals surface area contributed by atoms with Crippen molar-refractivity contribution in [3.05, 3.63) is 47.5 Å². The standard InChI is InChI=1S/C17H15F4N3O2/c18-16(24-9-8-23-15(24)26)12(14(25)17(19,20)21)6-7-22-13(16)10-11-4-2-1-3-5-11/h1-7,13H,8-10H2,(H,23,26). The monoisotopic (exact) mass is 369 g/mol. The molecule has 0 bridgehead atoms. The number of nitrogens with one attached hydrogen (secondary N) is 1. The average Bonchev–Trinajstić information content (AvgIpc) is 3.03. The first-order chi connectivity index (χ1) is 12.2. The number of hydrogen-bond donors (Lipinski definition) is 1. The molecule has 2 heterocycles. The lowest BCUT2D eigenvalue weighted by molar-refractivity contribution is -0.169. The van der Waals surface area contributed by atoms with Gasteiger partial charge in [0.05, 0.1) is 5.57 Å². The topological polar surface area (TPSA) is 61.8 Å². The molecule has 2 aliphatic rings. The van der Waals surface area contributed by atoms with Crippen LogP contribution in [0.2, 0.25) is 0 Å². The molecule has 1 aromatic rings. The molecule has 2 unspecified atom stereocenters. The molecule has 0 saturated carbocycles. The molecule has 138 valence electrons. The first-order valence-electron chi connectivity index (χ1n) is 7.88. The number of rotatable bonds is 4. The maximum atomic E-state index is 16.1. The van der Waals surface area contributed by atoms with Crippen molar-refractivity contribution in [2.24, 2.45) is 4.99 Å². The quantitative estimate of drug-likeness (QED) is 0.655. The number of nitrogens with zero attached hydrogens (tertiary/aromatic N) is 2. The summed E-state index contributed by atoms with van der Waals surface area (Å²) in [6, 6.07) is 6.23. The Morgan fingerprint density at radius 2 is 2.00 bits per heavy atom. The number of ketones is 1. The van der Waals surface area contributed by atoms with Gasteiger partial charge in [0.2, 0.25) is 5.79 Å². The third-order valence-corrected chi connectivity index (χ3v) is 4.35. The molecule has 0 radical (unpaired) electrons. The Morgan fingerprint density at radius 1 is 1.31 bits per heavy atom. The largest absolute Gasteiger partial charge is 0.454 e. The molecule has 26 heavy (non-hydrogen) atoms. The summed E-state index contributed by atoms with van der Waals surface area (Å²) < 4.78 is 55.1. The Hall–Kier alpha value is -2.71. The minimum Gasteiger partial charge on any atom is -0.336 e. The van der Waals surface area contributed by atoms with E-state index in [2.05, 4.69) is 10.3 Å². The van der Waals surface area contributed by atoms with Gasteiger partial charge in [-0.3, -0.25) is 14.7 Å². The van der Waals surface area contributed by atoms with Crippen LogP contribution in [0.25, 0.3) is 0 Å². The first kappa shape index (κ1) is 18.1. The number of carbonyl (C=O) groups is 2. The molecular formula is C17H15F4N3O2. The number of aliphatic imine (C=N–C) groups is 1. The molecule has 0 spiro atoms. The summed E-state index contributed by atoms with van der Waals surface area (Å²) in [7, 11) is 0. The number of dihydropyridines is 1. The Bertz CT molecular complexity index is 776. The number of alkyl halides is 4. The van der Waals surface area contributed by atoms with Gasteiger partial charge in [0.25, 0.3) is 5.78 Å². The number of Topliss-reactive ketones (excluding diaryl/α,β-unsaturated/α-hetero) is 1. The van der Waals surface area contributed by atoms with Crippen LogP contribution in [-0.4, -0.2) is 54.0 Å². The lowest BCUT2D eigenvalue weighted by Gasteiger charge is -2.40. The second-order valence-corrected chi connectivity index (χ2v) is 5.97. The Balaban J connectivity index is 2.04. The van der Waals surface area contributed by atoms with Crippen LogP contribution >= 0.6 is 0 Å². The van der Waals surface area contributed by atoms with E-state index < -0.39 is 35.4 Å². The van der Waals surface area contributed by atoms with Crippen molar-refractivity contribution >= 4 is 18.0 Å². The molecule has 1 aromatic carbocycles. The van der Waals surface area contributed by atoms with Crippen LogP contribution in [0, 0.1) is 0 Å². The van der Waals surface area contributed by atoms with Crippen molar-refractivity contribution in [1.29, 1.82) is 0 Å². The summed E-state index contributed by atoms with van der Waals surface area (Å²) in [5.74, 6) is -5.30. The minimum atomic E-state index is -5.26. The van der Waals surface area contributed by atoms with E-state index >= 15 is 4.39 Å². The zero-order valence-corrected chi connectivity index (χ0v) is 13.5. The Labute approximate surface area is 146 Å². The van der Waals surface area contributed by atoms with Crippen molar-refractivity contribution in [1.82, 2.24) is 10.2 Å². The maximum absolute atomic E-state index is 16.1. The van der Waals surface area contributed by atoms with E-state index in [0.717, 1.165) is 6.21 Å². The molecule has 2 amide bonds. The third kappa shape index (κ3) is 3.09. The fraction of sp³-hybridized carbons (Fsp3) is 0.353. The zero-order chi connectivity index (χ0) is 18.9. The van der Waals surface area contributed by atoms with Gasteiger partial charge >= 0.3 is 12.2 Å². The number of amides is 2. The van der Waals surface area contributed by atoms with Crippen LogP contribution in [0.4, 0.5) is 22.4 Å². The zero-order valence-electron chi connectivity index (χ0n) is 13.5. The van der Waals surface area contributed by atoms with Gasteiger partial charge in [-0.15, -0.1) is 0 Å². The van der Waals surface area contributed by atoms with Crippen LogP contribution in [0.5, 0.6) is 0 Å². The van der Waals surface area contributed by atoms with E-state index in [1.807, 2.05) is 0 Å². The van der Waals surface area contributed by atoms with Gasteiger partial charge in [0, 0.05) is 25.7 Å². The number of urea groups is 1. The Kier molecular flexibility index (Phi) is 4.55. The first-order valence-corrected chi connectivity index (χ1v) is 7.88. The maximum Gasteiger partial charge on any atom is 0.454 e. The Morgan fingerprint density at radius 3 is 2.58 bits per heavy atom. The van der Waals surface area contributed by atoms with Crippen molar-refractivity contribution in [3.63, 3.8) is 0 Å². The normalized spacial score (nSPS) is 25.8. The highest BCUT2D eigenvalue weighted by Gasteiger charge is 2.58. The summed E-state index contributed by atoms with van der Waals surface area (Å²) in [5.41, 5.74) is -0.505. The molecule has 1 saturated heterocycles. The highest BCUT2D eigenvalue weighted by molar-refractivity contribution is 6.05. The predicted molar refractivity (Wildman–Crippen MR) is 85.5 cm³/mol. The van der Waals surface area contributed by atoms with Crippen molar-refractivity contribution in [2.75, 3.05) is 13.1 Å². The predicted octanol–water partition coefficient (Wildman–Crippen LogP) is 2.43. The van der Waals surface area contributed by atoms with Crippen molar-refractivity contribution in [2.45, 2.75) is 24.4 Å². The van der Waals surface area contributed by atoms with E-state index in [4.69, 9.17) is 0 Å². The van der Waals surface area contributed by atoms with E-state index in [-0.39, 0.29) is 19.5 Å². The van der Waals surface area contributed by atoms with Gasteiger partial charge in [-0.05, 0) is 11.6 Å². The highest BCUT2D eigenvalue weighted by atomic mass is 19.4. The number of carbonyl (C=O) groups excluding carboxylic acids is 2. The van der Waals surface area contributed by atoms with Gasteiger partial charge < -0.3 is 5.32 Å². The summed E-state index contributed by atoms with van der Waals surface area (Å²) in [5, 5.41) is 2.35. The van der Waals surface area contributed by atoms with Crippen LogP contribution in [0.1, 0.15) is 5.56 Å². The summed E-state index contributed by atoms with van der Waals surface area (Å²) in [6.45, 7) is -0.0988. The number of hydrogen-bond acceptors (Lipinski definition) is 3. The lowest BCUT2D eigenvalue weighted by Crippen LogP contribution is -2.59. The van der Waals surface area contributed by atoms with Crippen LogP contribution in [-0.2, 0) is 11.2 Å². The smallest absolute Gasteiger partial charge is 0.336 e.